The first-order valence-electron chi connectivity index (χ1n) is 5.58. The molecule has 0 heterocycles. The molecule has 6 heteroatoms. The van der Waals surface area contributed by atoms with Gasteiger partial charge in [-0.05, 0) is 26.0 Å². The maximum absolute atomic E-state index is 10.9. The normalized spacial score (nSPS) is 13.2. The molecule has 0 bridgehead atoms. The van der Waals surface area contributed by atoms with Crippen LogP contribution >= 0.6 is 0 Å². The molecule has 0 aliphatic carbocycles. The van der Waals surface area contributed by atoms with Crippen LogP contribution in [0.25, 0.3) is 0 Å². The van der Waals surface area contributed by atoms with Gasteiger partial charge in [0, 0.05) is 0 Å². The monoisotopic (exact) mass is 256 g/mol. The van der Waals surface area contributed by atoms with Crippen LogP contribution in [0.15, 0.2) is 25.3 Å². The van der Waals surface area contributed by atoms with Gasteiger partial charge in [-0.1, -0.05) is 13.2 Å². The van der Waals surface area contributed by atoms with E-state index in [0.717, 1.165) is 0 Å². The van der Waals surface area contributed by atoms with Gasteiger partial charge in [-0.2, -0.15) is 0 Å². The Morgan fingerprint density at radius 1 is 1.00 bits per heavy atom. The van der Waals surface area contributed by atoms with Crippen LogP contribution in [0.4, 0.5) is 0 Å². The molecule has 2 N–H and O–H groups in total. The summed E-state index contributed by atoms with van der Waals surface area (Å²) in [6.07, 6.45) is 1.50. The Morgan fingerprint density at radius 3 is 1.61 bits per heavy atom. The van der Waals surface area contributed by atoms with Crippen LogP contribution in [-0.2, 0) is 19.1 Å². The quantitative estimate of drug-likeness (QED) is 0.354. The van der Waals surface area contributed by atoms with E-state index in [0.29, 0.717) is 13.2 Å². The number of carbonyl (C=O) groups is 2. The second-order valence-electron chi connectivity index (χ2n) is 3.45. The number of hydrogen-bond acceptors (Lipinski definition) is 4. The first-order valence-corrected chi connectivity index (χ1v) is 5.58. The van der Waals surface area contributed by atoms with Crippen LogP contribution in [0.5, 0.6) is 0 Å². The molecule has 0 aromatic carbocycles. The predicted octanol–water partition coefficient (Wildman–Crippen LogP) is 0.316. The van der Waals surface area contributed by atoms with E-state index in [1.54, 1.807) is 13.8 Å². The summed E-state index contributed by atoms with van der Waals surface area (Å²) in [4.78, 5) is 21.8. The Hall–Kier alpha value is -1.66. The van der Waals surface area contributed by atoms with Crippen LogP contribution in [0.1, 0.15) is 13.8 Å². The molecular weight excluding hydrogens is 236 g/mol. The van der Waals surface area contributed by atoms with E-state index in [1.165, 1.54) is 12.2 Å². The lowest BCUT2D eigenvalue weighted by Crippen LogP contribution is -2.36. The van der Waals surface area contributed by atoms with E-state index in [4.69, 9.17) is 9.47 Å². The summed E-state index contributed by atoms with van der Waals surface area (Å²) in [6, 6.07) is 0. The molecule has 0 saturated heterocycles. The zero-order chi connectivity index (χ0) is 14.0. The van der Waals surface area contributed by atoms with Crippen molar-refractivity contribution in [1.82, 2.24) is 10.6 Å². The molecule has 0 aliphatic rings. The Morgan fingerprint density at radius 2 is 1.33 bits per heavy atom. The summed E-state index contributed by atoms with van der Waals surface area (Å²) in [5.41, 5.74) is 0. The predicted molar refractivity (Wildman–Crippen MR) is 67.5 cm³/mol. The number of hydrogen-bond donors (Lipinski definition) is 2. The minimum Gasteiger partial charge on any atom is -0.356 e. The van der Waals surface area contributed by atoms with Crippen molar-refractivity contribution in [1.29, 1.82) is 0 Å². The molecule has 0 aromatic rings. The number of ether oxygens (including phenoxy) is 2. The molecule has 0 saturated carbocycles. The molecule has 0 aliphatic heterocycles. The lowest BCUT2D eigenvalue weighted by Gasteiger charge is -2.16. The first kappa shape index (κ1) is 16.3. The van der Waals surface area contributed by atoms with Gasteiger partial charge in [0.25, 0.3) is 0 Å². The molecule has 2 amide bonds. The molecule has 102 valence electrons. The topological polar surface area (TPSA) is 76.7 Å². The molecule has 0 aromatic heterocycles. The molecule has 0 radical (unpaired) electrons. The average Bonchev–Trinajstić information content (AvgIpc) is 2.34. The smallest absolute Gasteiger partial charge is 0.245 e. The summed E-state index contributed by atoms with van der Waals surface area (Å²) < 4.78 is 10.5. The minimum atomic E-state index is -0.419. The molecule has 2 atom stereocenters. The van der Waals surface area contributed by atoms with Gasteiger partial charge in [0.15, 0.2) is 0 Å². The highest BCUT2D eigenvalue weighted by atomic mass is 16.5. The summed E-state index contributed by atoms with van der Waals surface area (Å²) in [7, 11) is 0. The van der Waals surface area contributed by atoms with Crippen molar-refractivity contribution in [3.05, 3.63) is 25.3 Å². The summed E-state index contributed by atoms with van der Waals surface area (Å²) >= 11 is 0. The molecule has 0 fully saturated rings. The summed E-state index contributed by atoms with van der Waals surface area (Å²) in [6.45, 7) is 10.7. The number of nitrogens with one attached hydrogen (secondary N) is 2. The Bertz CT molecular complexity index is 274. The summed E-state index contributed by atoms with van der Waals surface area (Å²) in [5.74, 6) is -0.593. The Balaban J connectivity index is 3.60. The molecule has 0 rings (SSSR count). The van der Waals surface area contributed by atoms with Crippen LogP contribution in [0.2, 0.25) is 0 Å². The maximum atomic E-state index is 10.9. The minimum absolute atomic E-state index is 0.296. The third-order valence-corrected chi connectivity index (χ3v) is 1.88. The van der Waals surface area contributed by atoms with Gasteiger partial charge in [0.05, 0.1) is 13.2 Å². The lowest BCUT2D eigenvalue weighted by atomic mass is 10.5. The standard InChI is InChI=1S/C12H20N2O4/c1-5-11(15)13-9(3)17-7-8-18-10(4)14-12(16)6-2/h5-6,9-10H,1-2,7-8H2,3-4H3,(H,13,15)(H,14,16). The van der Waals surface area contributed by atoms with Crippen molar-refractivity contribution < 1.29 is 19.1 Å². The van der Waals surface area contributed by atoms with Gasteiger partial charge in [0.2, 0.25) is 11.8 Å². The van der Waals surface area contributed by atoms with E-state index in [9.17, 15) is 9.59 Å². The zero-order valence-electron chi connectivity index (χ0n) is 10.8. The number of carbonyl (C=O) groups excluding carboxylic acids is 2. The Labute approximate surface area is 107 Å². The Kier molecular flexibility index (Phi) is 8.51. The molecule has 18 heavy (non-hydrogen) atoms. The fraction of sp³-hybridized carbons (Fsp3) is 0.500. The van der Waals surface area contributed by atoms with Gasteiger partial charge in [-0.15, -0.1) is 0 Å². The second-order valence-corrected chi connectivity index (χ2v) is 3.45. The highest BCUT2D eigenvalue weighted by Crippen LogP contribution is 1.90. The zero-order valence-corrected chi connectivity index (χ0v) is 10.8. The van der Waals surface area contributed by atoms with Crippen LogP contribution in [0.3, 0.4) is 0 Å². The fourth-order valence-electron chi connectivity index (χ4n) is 1.05. The van der Waals surface area contributed by atoms with E-state index in [1.807, 2.05) is 0 Å². The van der Waals surface area contributed by atoms with Gasteiger partial charge >= 0.3 is 0 Å². The van der Waals surface area contributed by atoms with E-state index < -0.39 is 12.5 Å². The van der Waals surface area contributed by atoms with Gasteiger partial charge in [-0.3, -0.25) is 9.59 Å². The van der Waals surface area contributed by atoms with Gasteiger partial charge < -0.3 is 20.1 Å². The maximum Gasteiger partial charge on any atom is 0.245 e. The van der Waals surface area contributed by atoms with Crippen molar-refractivity contribution in [2.45, 2.75) is 26.3 Å². The highest BCUT2D eigenvalue weighted by molar-refractivity contribution is 5.87. The SMILES string of the molecule is C=CC(=O)NC(C)OCCOC(C)NC(=O)C=C. The molecule has 6 nitrogen and oxygen atoms in total. The van der Waals surface area contributed by atoms with Crippen molar-refractivity contribution in [2.75, 3.05) is 13.2 Å². The van der Waals surface area contributed by atoms with Crippen LogP contribution in [-0.4, -0.2) is 37.5 Å². The second kappa shape index (κ2) is 9.38. The van der Waals surface area contributed by atoms with Gasteiger partial charge in [-0.25, -0.2) is 0 Å². The lowest BCUT2D eigenvalue weighted by molar-refractivity contribution is -0.123. The first-order chi connectivity index (χ1) is 8.49. The average molecular weight is 256 g/mol. The summed E-state index contributed by atoms with van der Waals surface area (Å²) in [5, 5.41) is 5.08. The van der Waals surface area contributed by atoms with Crippen molar-refractivity contribution in [3.8, 4) is 0 Å². The van der Waals surface area contributed by atoms with Gasteiger partial charge in [0.1, 0.15) is 12.5 Å². The molecular formula is C12H20N2O4. The van der Waals surface area contributed by atoms with Crippen LogP contribution in [0, 0.1) is 0 Å². The van der Waals surface area contributed by atoms with Crippen LogP contribution < -0.4 is 10.6 Å². The van der Waals surface area contributed by atoms with E-state index in [2.05, 4.69) is 23.8 Å². The van der Waals surface area contributed by atoms with Crippen molar-refractivity contribution in [2.24, 2.45) is 0 Å². The number of amides is 2. The molecule has 0 spiro atoms. The fourth-order valence-corrected chi connectivity index (χ4v) is 1.05. The third-order valence-electron chi connectivity index (χ3n) is 1.88. The van der Waals surface area contributed by atoms with E-state index >= 15 is 0 Å². The molecule has 2 unspecified atom stereocenters. The number of rotatable bonds is 9. The van der Waals surface area contributed by atoms with Crippen molar-refractivity contribution in [3.63, 3.8) is 0 Å². The third kappa shape index (κ3) is 8.49. The van der Waals surface area contributed by atoms with Crippen molar-refractivity contribution >= 4 is 11.8 Å². The largest absolute Gasteiger partial charge is 0.356 e. The van der Waals surface area contributed by atoms with E-state index in [-0.39, 0.29) is 11.8 Å². The highest BCUT2D eigenvalue weighted by Gasteiger charge is 2.06.